The van der Waals surface area contributed by atoms with Crippen LogP contribution >= 0.6 is 0 Å². The summed E-state index contributed by atoms with van der Waals surface area (Å²) >= 11 is 0. The van der Waals surface area contributed by atoms with Gasteiger partial charge in [-0.3, -0.25) is 4.21 Å². The number of anilines is 1. The number of para-hydroxylation sites is 1. The van der Waals surface area contributed by atoms with E-state index in [0.717, 1.165) is 27.2 Å². The Bertz CT molecular complexity index is 720. The zero-order valence-corrected chi connectivity index (χ0v) is 16.9. The standard InChI is InChI=1S/C18H16NOS.C5H5.Fe/c1-13-9-11-14(12-10-13)21(20)18-8-4-6-16(18)15-5-2-3-7-17(15)19;1-2-4-5-3-1;/h2-12H,19H2,1H3;1-5H;/q;;+2/t21-;;/m1../s1. The first kappa shape index (κ1) is 22.2. The molecule has 0 spiro atoms. The van der Waals surface area contributed by atoms with E-state index in [1.807, 2.05) is 107 Å². The molecule has 2 aliphatic rings. The summed E-state index contributed by atoms with van der Waals surface area (Å²) in [6, 6.07) is 15.4. The van der Waals surface area contributed by atoms with E-state index in [0.29, 0.717) is 5.69 Å². The van der Waals surface area contributed by atoms with Crippen LogP contribution in [0.3, 0.4) is 0 Å². The molecule has 0 saturated heterocycles. The number of hydrogen-bond donors (Lipinski definition) is 1. The molecule has 2 aliphatic carbocycles. The summed E-state index contributed by atoms with van der Waals surface area (Å²) in [5, 5.41) is 0.803. The van der Waals surface area contributed by atoms with Crippen molar-refractivity contribution in [2.45, 2.75) is 11.8 Å². The van der Waals surface area contributed by atoms with Gasteiger partial charge in [0.15, 0.2) is 0 Å². The van der Waals surface area contributed by atoms with Crippen LogP contribution in [-0.4, -0.2) is 4.21 Å². The minimum atomic E-state index is -1.20. The molecule has 0 bridgehead atoms. The van der Waals surface area contributed by atoms with Gasteiger partial charge in [-0.2, -0.15) is 0 Å². The summed E-state index contributed by atoms with van der Waals surface area (Å²) in [4.78, 5) is 0.808. The molecule has 2 N–H and O–H groups in total. The van der Waals surface area contributed by atoms with Crippen LogP contribution in [-0.2, 0) is 27.9 Å². The summed E-state index contributed by atoms with van der Waals surface area (Å²) in [7, 11) is -1.20. The molecule has 2 nitrogen and oxygen atoms in total. The summed E-state index contributed by atoms with van der Waals surface area (Å²) in [6.45, 7) is 2.02. The fourth-order valence-corrected chi connectivity index (χ4v) is 3.86. The minimum absolute atomic E-state index is 0. The van der Waals surface area contributed by atoms with Crippen LogP contribution in [0.15, 0.2) is 53.4 Å². The summed E-state index contributed by atoms with van der Waals surface area (Å²) in [5.41, 5.74) is 8.83. The Morgan fingerprint density at radius 2 is 1.37 bits per heavy atom. The number of nitrogens with two attached hydrogens (primary N) is 1. The maximum atomic E-state index is 12.8. The van der Waals surface area contributed by atoms with Crippen molar-refractivity contribution in [3.63, 3.8) is 0 Å². The van der Waals surface area contributed by atoms with E-state index in [4.69, 9.17) is 5.73 Å². The maximum Gasteiger partial charge on any atom is 2.00 e. The Morgan fingerprint density at radius 1 is 0.778 bits per heavy atom. The van der Waals surface area contributed by atoms with Crippen molar-refractivity contribution in [3.8, 4) is 0 Å². The van der Waals surface area contributed by atoms with E-state index in [1.165, 1.54) is 0 Å². The molecule has 0 unspecified atom stereocenters. The van der Waals surface area contributed by atoms with E-state index < -0.39 is 10.8 Å². The van der Waals surface area contributed by atoms with Crippen molar-refractivity contribution < 1.29 is 21.3 Å². The van der Waals surface area contributed by atoms with Crippen LogP contribution in [0.1, 0.15) is 11.1 Å². The molecule has 0 amide bonds. The van der Waals surface area contributed by atoms with Crippen LogP contribution in [0.2, 0.25) is 0 Å². The molecule has 4 heteroatoms. The zero-order chi connectivity index (χ0) is 18.4. The average Bonchev–Trinajstić information content (AvgIpc) is 3.37. The van der Waals surface area contributed by atoms with E-state index in [9.17, 15) is 4.21 Å². The molecule has 136 valence electrons. The summed E-state index contributed by atoms with van der Waals surface area (Å²) in [5.74, 6) is 0.937. The fourth-order valence-electron chi connectivity index (χ4n) is 2.64. The number of nitrogen functional groups attached to an aromatic ring is 1. The first-order valence-corrected chi connectivity index (χ1v) is 9.57. The second-order valence-electron chi connectivity index (χ2n) is 5.93. The van der Waals surface area contributed by atoms with Gasteiger partial charge >= 0.3 is 17.1 Å². The first-order valence-electron chi connectivity index (χ1n) is 8.42. The second-order valence-corrected chi connectivity index (χ2v) is 7.38. The Kier molecular flexibility index (Phi) is 9.08. The van der Waals surface area contributed by atoms with E-state index in [-0.39, 0.29) is 17.1 Å². The predicted octanol–water partition coefficient (Wildman–Crippen LogP) is 4.49. The normalized spacial score (nSPS) is 18.4. The molecule has 2 saturated carbocycles. The largest absolute Gasteiger partial charge is 2.00 e. The van der Waals surface area contributed by atoms with Crippen molar-refractivity contribution >= 4 is 16.5 Å². The van der Waals surface area contributed by atoms with Gasteiger partial charge in [0.25, 0.3) is 0 Å². The number of benzene rings is 2. The monoisotopic (exact) mass is 415 g/mol. The molecular weight excluding hydrogens is 394 g/mol. The number of hydrogen-bond acceptors (Lipinski definition) is 2. The molecule has 2 aromatic rings. The van der Waals surface area contributed by atoms with Gasteiger partial charge in [0.1, 0.15) is 0 Å². The van der Waals surface area contributed by atoms with Gasteiger partial charge in [-0.1, -0.05) is 35.9 Å². The Labute approximate surface area is 177 Å². The molecular formula is C23H21FeNOS+2. The van der Waals surface area contributed by atoms with Gasteiger partial charge < -0.3 is 5.73 Å². The minimum Gasteiger partial charge on any atom is -0.398 e. The third kappa shape index (κ3) is 5.94. The van der Waals surface area contributed by atoms with E-state index in [1.54, 1.807) is 0 Å². The smallest absolute Gasteiger partial charge is 0.398 e. The van der Waals surface area contributed by atoms with Crippen molar-refractivity contribution in [2.75, 3.05) is 5.73 Å². The molecule has 0 heterocycles. The molecule has 2 fully saturated rings. The Balaban J connectivity index is 0.000000379. The molecule has 2 aromatic carbocycles. The Hall–Kier alpha value is -1.09. The maximum absolute atomic E-state index is 12.8. The number of rotatable bonds is 3. The van der Waals surface area contributed by atoms with Crippen LogP contribution < -0.4 is 5.73 Å². The topological polar surface area (TPSA) is 43.1 Å². The molecule has 0 aromatic heterocycles. The van der Waals surface area contributed by atoms with Crippen LogP contribution in [0, 0.1) is 69.5 Å². The van der Waals surface area contributed by atoms with Crippen LogP contribution in [0.4, 0.5) is 5.69 Å². The van der Waals surface area contributed by atoms with E-state index in [2.05, 4.69) is 0 Å². The van der Waals surface area contributed by atoms with Gasteiger partial charge in [0.2, 0.25) is 0 Å². The SMILES string of the molecule is Cc1ccc([S@@](=O)[C]2[CH][CH][CH][C]2c2ccccc2N)cc1.[CH]1[CH][CH][CH][CH]1.[Fe+2]. The van der Waals surface area contributed by atoms with Gasteiger partial charge in [-0.25, -0.2) is 0 Å². The Morgan fingerprint density at radius 3 is 1.96 bits per heavy atom. The second kappa shape index (κ2) is 11.0. The zero-order valence-electron chi connectivity index (χ0n) is 15.0. The van der Waals surface area contributed by atoms with Gasteiger partial charge in [-0.15, -0.1) is 0 Å². The molecule has 4 rings (SSSR count). The molecule has 0 aliphatic heterocycles. The van der Waals surface area contributed by atoms with Crippen molar-refractivity contribution in [2.24, 2.45) is 0 Å². The van der Waals surface area contributed by atoms with Gasteiger partial charge in [-0.05, 0) is 82.1 Å². The van der Waals surface area contributed by atoms with Crippen LogP contribution in [0.5, 0.6) is 0 Å². The van der Waals surface area contributed by atoms with Crippen molar-refractivity contribution in [1.82, 2.24) is 0 Å². The van der Waals surface area contributed by atoms with E-state index >= 15 is 0 Å². The molecule has 27 heavy (non-hydrogen) atoms. The predicted molar refractivity (Wildman–Crippen MR) is 108 cm³/mol. The number of aryl methyl sites for hydroxylation is 1. The summed E-state index contributed by atoms with van der Waals surface area (Å²) < 4.78 is 12.8. The van der Waals surface area contributed by atoms with Crippen LogP contribution in [0.25, 0.3) is 0 Å². The quantitative estimate of drug-likeness (QED) is 0.593. The fraction of sp³-hybridized carbons (Fsp3) is 0.0435. The third-order valence-corrected chi connectivity index (χ3v) is 5.47. The first-order chi connectivity index (χ1) is 12.7. The molecule has 10 radical (unpaired) electrons. The molecule has 1 atom stereocenters. The van der Waals surface area contributed by atoms with Crippen molar-refractivity contribution in [3.05, 3.63) is 122 Å². The summed E-state index contributed by atoms with van der Waals surface area (Å²) in [6.07, 6.45) is 15.8. The van der Waals surface area contributed by atoms with Crippen molar-refractivity contribution in [1.29, 1.82) is 0 Å². The average molecular weight is 415 g/mol. The van der Waals surface area contributed by atoms with Gasteiger partial charge in [0, 0.05) is 16.5 Å². The third-order valence-electron chi connectivity index (χ3n) is 4.02. The van der Waals surface area contributed by atoms with Gasteiger partial charge in [0.05, 0.1) is 16.0 Å².